The van der Waals surface area contributed by atoms with Crippen LogP contribution >= 0.6 is 0 Å². The highest BCUT2D eigenvalue weighted by atomic mass is 16.5. The quantitative estimate of drug-likeness (QED) is 0.741. The molecule has 0 atom stereocenters. The number of ether oxygens (including phenoxy) is 1. The second kappa shape index (κ2) is 8.75. The lowest BCUT2D eigenvalue weighted by Crippen LogP contribution is -2.27. The van der Waals surface area contributed by atoms with E-state index in [1.165, 1.54) is 0 Å². The Morgan fingerprint density at radius 3 is 2.35 bits per heavy atom. The molecule has 3 aliphatic rings. The van der Waals surface area contributed by atoms with Gasteiger partial charge in [-0.3, -0.25) is 19.3 Å². The van der Waals surface area contributed by atoms with Crippen molar-refractivity contribution in [3.8, 4) is 5.75 Å². The number of benzene rings is 1. The number of fused-ring (bicyclic) bond motifs is 1. The predicted octanol–water partition coefficient (Wildman–Crippen LogP) is 2.15. The Bertz CT molecular complexity index is 1050. The first kappa shape index (κ1) is 20.8. The van der Waals surface area contributed by atoms with Crippen LogP contribution in [0.25, 0.3) is 0 Å². The van der Waals surface area contributed by atoms with E-state index in [2.05, 4.69) is 10.1 Å². The zero-order chi connectivity index (χ0) is 22.0. The molecule has 3 aliphatic heterocycles. The van der Waals surface area contributed by atoms with E-state index in [9.17, 15) is 9.59 Å². The Labute approximate surface area is 181 Å². The Hall–Kier alpha value is -3.42. The van der Waals surface area contributed by atoms with Gasteiger partial charge in [0.05, 0.1) is 26.4 Å². The monoisotopic (exact) mass is 421 g/mol. The maximum absolute atomic E-state index is 12.2. The zero-order valence-corrected chi connectivity index (χ0v) is 18.2. The topological polar surface area (TPSA) is 80.0 Å². The van der Waals surface area contributed by atoms with Gasteiger partial charge >= 0.3 is 0 Å². The summed E-state index contributed by atoms with van der Waals surface area (Å²) in [6.07, 6.45) is 3.62. The lowest BCUT2D eigenvalue weighted by atomic mass is 10.2. The summed E-state index contributed by atoms with van der Waals surface area (Å²) in [5, 5.41) is 4.33. The van der Waals surface area contributed by atoms with Crippen LogP contribution in [0.5, 0.6) is 5.75 Å². The van der Waals surface area contributed by atoms with Crippen molar-refractivity contribution in [3.05, 3.63) is 58.4 Å². The molecular formula is C23H27N5O3. The van der Waals surface area contributed by atoms with Gasteiger partial charge in [0, 0.05) is 43.5 Å². The van der Waals surface area contributed by atoms with E-state index in [1.54, 1.807) is 18.0 Å². The normalized spacial score (nSPS) is 16.6. The highest BCUT2D eigenvalue weighted by Crippen LogP contribution is 2.23. The Morgan fingerprint density at radius 1 is 1.00 bits per heavy atom. The molecule has 8 heteroatoms. The summed E-state index contributed by atoms with van der Waals surface area (Å²) >= 11 is 0. The third kappa shape index (κ3) is 3.97. The highest BCUT2D eigenvalue weighted by molar-refractivity contribution is 6.06. The molecule has 0 unspecified atom stereocenters. The molecule has 0 saturated heterocycles. The number of hydrogen-bond donors (Lipinski definition) is 0. The number of carbonyl (C=O) groups excluding carboxylic acids is 2. The van der Waals surface area contributed by atoms with Gasteiger partial charge in [0.1, 0.15) is 11.4 Å². The minimum Gasteiger partial charge on any atom is -0.497 e. The van der Waals surface area contributed by atoms with Gasteiger partial charge in [-0.05, 0) is 37.1 Å². The molecule has 5 rings (SSSR count). The van der Waals surface area contributed by atoms with Gasteiger partial charge in [-0.2, -0.15) is 5.10 Å². The number of likely N-dealkylation sites (N-methyl/N-ethyl adjacent to an activating group) is 1. The van der Waals surface area contributed by atoms with Gasteiger partial charge in [0.25, 0.3) is 11.8 Å². The Balaban J connectivity index is 0.000000177. The molecule has 0 fully saturated rings. The smallest absolute Gasteiger partial charge is 0.272 e. The van der Waals surface area contributed by atoms with Gasteiger partial charge in [0.2, 0.25) is 0 Å². The van der Waals surface area contributed by atoms with E-state index >= 15 is 0 Å². The predicted molar refractivity (Wildman–Crippen MR) is 117 cm³/mol. The van der Waals surface area contributed by atoms with Crippen LogP contribution in [0.2, 0.25) is 0 Å². The third-order valence-electron chi connectivity index (χ3n) is 5.81. The second-order valence-corrected chi connectivity index (χ2v) is 7.64. The lowest BCUT2D eigenvalue weighted by molar-refractivity contribution is -0.125. The van der Waals surface area contributed by atoms with Crippen LogP contribution in [0.15, 0.2) is 46.6 Å². The second-order valence-electron chi connectivity index (χ2n) is 7.64. The van der Waals surface area contributed by atoms with E-state index in [0.29, 0.717) is 19.6 Å². The van der Waals surface area contributed by atoms with Gasteiger partial charge in [0.15, 0.2) is 0 Å². The third-order valence-corrected chi connectivity index (χ3v) is 5.81. The summed E-state index contributed by atoms with van der Waals surface area (Å²) < 4.78 is 6.93. The summed E-state index contributed by atoms with van der Waals surface area (Å²) in [7, 11) is 1.65. The fourth-order valence-electron chi connectivity index (χ4n) is 3.99. The van der Waals surface area contributed by atoms with Crippen molar-refractivity contribution in [1.29, 1.82) is 0 Å². The van der Waals surface area contributed by atoms with Crippen LogP contribution in [-0.4, -0.2) is 70.9 Å². The first-order valence-corrected chi connectivity index (χ1v) is 10.5. The van der Waals surface area contributed by atoms with Gasteiger partial charge < -0.3 is 14.5 Å². The van der Waals surface area contributed by atoms with Crippen molar-refractivity contribution in [2.75, 3.05) is 33.3 Å². The van der Waals surface area contributed by atoms with Crippen molar-refractivity contribution < 1.29 is 14.3 Å². The number of aromatic nitrogens is 2. The first-order valence-electron chi connectivity index (χ1n) is 10.5. The molecule has 0 saturated carbocycles. The van der Waals surface area contributed by atoms with Crippen molar-refractivity contribution in [3.63, 3.8) is 0 Å². The van der Waals surface area contributed by atoms with Crippen LogP contribution in [0.1, 0.15) is 35.5 Å². The molecule has 2 aromatic rings. The van der Waals surface area contributed by atoms with Gasteiger partial charge in [-0.15, -0.1) is 0 Å². The van der Waals surface area contributed by atoms with Gasteiger partial charge in [-0.25, -0.2) is 0 Å². The van der Waals surface area contributed by atoms with Crippen LogP contribution in [0.4, 0.5) is 0 Å². The Kier molecular flexibility index (Phi) is 5.88. The molecule has 1 aromatic heterocycles. The van der Waals surface area contributed by atoms with E-state index in [1.807, 2.05) is 54.1 Å². The van der Waals surface area contributed by atoms with Crippen LogP contribution < -0.4 is 4.74 Å². The van der Waals surface area contributed by atoms with Crippen molar-refractivity contribution in [2.45, 2.75) is 26.9 Å². The lowest BCUT2D eigenvalue weighted by Gasteiger charge is -2.13. The van der Waals surface area contributed by atoms with Crippen molar-refractivity contribution >= 4 is 18.0 Å². The number of nitrogens with zero attached hydrogens (tertiary/aromatic N) is 5. The summed E-state index contributed by atoms with van der Waals surface area (Å²) in [6.45, 7) is 8.17. The zero-order valence-electron chi connectivity index (χ0n) is 18.2. The largest absolute Gasteiger partial charge is 0.497 e. The SMILES string of the molecule is CCN1CC2=C(CN=C2)C1=O.CCN1Cc2cnn(Cc3ccc(OC)cc3)c2C1=O. The standard InChI is InChI=1S/C15H17N3O2.C8H10N2O/c1-3-17-10-12-8-16-18(14(12)15(17)19)9-11-4-6-13(20-2)7-5-11;1-2-10-5-6-3-9-4-7(6)8(10)11/h4-8H,3,9-10H2,1-2H3;3H,2,4-5H2,1H3. The number of amides is 2. The average Bonchev–Trinajstić information content (AvgIpc) is 3.54. The highest BCUT2D eigenvalue weighted by Gasteiger charge is 2.31. The summed E-state index contributed by atoms with van der Waals surface area (Å²) in [4.78, 5) is 31.4. The maximum Gasteiger partial charge on any atom is 0.272 e. The molecule has 8 nitrogen and oxygen atoms in total. The molecule has 4 heterocycles. The van der Waals surface area contributed by atoms with E-state index in [4.69, 9.17) is 4.74 Å². The minimum absolute atomic E-state index is 0.0773. The maximum atomic E-state index is 12.2. The number of aliphatic imine (C=N–C) groups is 1. The van der Waals surface area contributed by atoms with Crippen molar-refractivity contribution in [1.82, 2.24) is 19.6 Å². The summed E-state index contributed by atoms with van der Waals surface area (Å²) in [5.74, 6) is 1.08. The van der Waals surface area contributed by atoms with E-state index < -0.39 is 0 Å². The molecule has 1 aromatic carbocycles. The molecule has 2 amide bonds. The summed E-state index contributed by atoms with van der Waals surface area (Å²) in [6, 6.07) is 7.81. The molecule has 0 aliphatic carbocycles. The molecule has 31 heavy (non-hydrogen) atoms. The number of methoxy groups -OCH3 is 1. The molecular weight excluding hydrogens is 394 g/mol. The fourth-order valence-corrected chi connectivity index (χ4v) is 3.99. The van der Waals surface area contributed by atoms with Crippen LogP contribution in [-0.2, 0) is 17.9 Å². The number of carbonyl (C=O) groups is 2. The van der Waals surface area contributed by atoms with E-state index in [0.717, 1.165) is 53.4 Å². The molecule has 0 radical (unpaired) electrons. The first-order chi connectivity index (χ1) is 15.0. The fraction of sp³-hybridized carbons (Fsp3) is 0.391. The number of rotatable bonds is 5. The molecule has 0 spiro atoms. The summed E-state index contributed by atoms with van der Waals surface area (Å²) in [5.41, 5.74) is 4.87. The number of hydrogen-bond acceptors (Lipinski definition) is 5. The molecule has 0 N–H and O–H groups in total. The average molecular weight is 422 g/mol. The molecule has 0 bridgehead atoms. The van der Waals surface area contributed by atoms with Crippen molar-refractivity contribution in [2.24, 2.45) is 4.99 Å². The van der Waals surface area contributed by atoms with E-state index in [-0.39, 0.29) is 11.8 Å². The minimum atomic E-state index is 0.0773. The molecule has 162 valence electrons. The van der Waals surface area contributed by atoms with Gasteiger partial charge in [-0.1, -0.05) is 12.1 Å². The van der Waals surface area contributed by atoms with Crippen LogP contribution in [0.3, 0.4) is 0 Å². The Morgan fingerprint density at radius 2 is 1.71 bits per heavy atom. The van der Waals surface area contributed by atoms with Crippen LogP contribution in [0, 0.1) is 0 Å².